The van der Waals surface area contributed by atoms with Crippen LogP contribution in [0.1, 0.15) is 58.8 Å². The van der Waals surface area contributed by atoms with Gasteiger partial charge in [-0.2, -0.15) is 0 Å². The Balaban J connectivity index is 0.000000273. The second-order valence-corrected chi connectivity index (χ2v) is 13.6. The van der Waals surface area contributed by atoms with Crippen molar-refractivity contribution >= 4 is 35.3 Å². The molecule has 2 saturated heterocycles. The van der Waals surface area contributed by atoms with E-state index in [1.54, 1.807) is 68.4 Å². The molecule has 5 rings (SSSR count). The number of carbonyl (C=O) groups is 6. The van der Waals surface area contributed by atoms with E-state index >= 15 is 0 Å². The first-order valence-corrected chi connectivity index (χ1v) is 18.2. The number of hydrogen-bond donors (Lipinski definition) is 1. The highest BCUT2D eigenvalue weighted by Gasteiger charge is 2.45. The van der Waals surface area contributed by atoms with Crippen LogP contribution in [0.5, 0.6) is 0 Å². The smallest absolute Gasteiger partial charge is 0.381 e. The van der Waals surface area contributed by atoms with Crippen molar-refractivity contribution in [3.63, 3.8) is 0 Å². The maximum absolute atomic E-state index is 12.5. The van der Waals surface area contributed by atoms with E-state index in [1.807, 2.05) is 13.8 Å². The molecule has 6 unspecified atom stereocenters. The number of carbonyl (C=O) groups excluding carboxylic acids is 6. The van der Waals surface area contributed by atoms with Gasteiger partial charge in [0.1, 0.15) is 19.3 Å². The first-order valence-electron chi connectivity index (χ1n) is 18.2. The largest absolute Gasteiger partial charge is 0.457 e. The van der Waals surface area contributed by atoms with Crippen molar-refractivity contribution in [3.05, 3.63) is 129 Å². The van der Waals surface area contributed by atoms with Crippen LogP contribution < -0.4 is 0 Å². The van der Waals surface area contributed by atoms with E-state index in [9.17, 15) is 33.9 Å². The van der Waals surface area contributed by atoms with Crippen molar-refractivity contribution in [3.8, 4) is 0 Å². The highest BCUT2D eigenvalue weighted by atomic mass is 16.7. The zero-order chi connectivity index (χ0) is 42.4. The van der Waals surface area contributed by atoms with E-state index in [0.717, 1.165) is 0 Å². The lowest BCUT2D eigenvalue weighted by atomic mass is 9.82. The average Bonchev–Trinajstić information content (AvgIpc) is 3.25. The zero-order valence-corrected chi connectivity index (χ0v) is 32.0. The molecule has 2 heterocycles. The first kappa shape index (κ1) is 44.3. The van der Waals surface area contributed by atoms with E-state index in [-0.39, 0.29) is 53.6 Å². The summed E-state index contributed by atoms with van der Waals surface area (Å²) < 4.78 is 26.6. The molecule has 0 saturated carbocycles. The maximum Gasteiger partial charge on any atom is 0.381 e. The molecule has 0 aliphatic carbocycles. The number of aliphatic hydroxyl groups is 1. The monoisotopic (exact) mass is 798 g/mol. The molecule has 0 spiro atoms. The molecule has 3 aromatic carbocycles. The number of benzene rings is 3. The Morgan fingerprint density at radius 3 is 1.34 bits per heavy atom. The average molecular weight is 799 g/mol. The van der Waals surface area contributed by atoms with Gasteiger partial charge in [0.25, 0.3) is 17.3 Å². The molecule has 2 aliphatic heterocycles. The number of esters is 3. The fourth-order valence-corrected chi connectivity index (χ4v) is 6.22. The third kappa shape index (κ3) is 11.3. The van der Waals surface area contributed by atoms with Crippen LogP contribution in [0.2, 0.25) is 0 Å². The molecule has 18 nitrogen and oxygen atoms in total. The number of hydrogen-bond acceptors (Lipinski definition) is 14. The van der Waals surface area contributed by atoms with Crippen LogP contribution in [-0.4, -0.2) is 90.4 Å². The molecule has 18 heteroatoms. The van der Waals surface area contributed by atoms with Gasteiger partial charge in [-0.15, -0.1) is 0 Å². The minimum absolute atomic E-state index is 0.134. The number of Topliss-reactive ketones (excluding diaryl/α,β-unsaturated/α-hetero) is 3. The Bertz CT molecular complexity index is 2020. The molecule has 0 amide bonds. The number of nitrogens with zero attached hydrogens (tertiary/aromatic N) is 6. The van der Waals surface area contributed by atoms with Crippen molar-refractivity contribution in [2.24, 2.45) is 33.9 Å². The van der Waals surface area contributed by atoms with Gasteiger partial charge in [-0.3, -0.25) is 14.4 Å². The lowest BCUT2D eigenvalue weighted by Gasteiger charge is -2.41. The van der Waals surface area contributed by atoms with Crippen molar-refractivity contribution in [1.29, 1.82) is 0 Å². The SMILES string of the molecule is C[C@@H]1C(COC(=O)C(=O)c2ccccc2)OC(O)C(N=[N+]=[N-])[C@H]1C.C[C@@H]1C(COC(=O)C(=O)c2ccccc2)OC(OC(=O)C(=O)c2ccccc2)C(N=[N+]=[N-])[C@H]1C. The number of azide groups is 2. The molecule has 58 heavy (non-hydrogen) atoms. The van der Waals surface area contributed by atoms with Crippen LogP contribution in [0, 0.1) is 23.7 Å². The van der Waals surface area contributed by atoms with Gasteiger partial charge in [-0.1, -0.05) is 129 Å². The molecular formula is C40H42N6O12. The Morgan fingerprint density at radius 2 is 0.931 bits per heavy atom. The molecular weight excluding hydrogens is 756 g/mol. The van der Waals surface area contributed by atoms with Gasteiger partial charge >= 0.3 is 17.9 Å². The van der Waals surface area contributed by atoms with Gasteiger partial charge in [0.05, 0.1) is 18.2 Å². The third-order valence-corrected chi connectivity index (χ3v) is 10.1. The third-order valence-electron chi connectivity index (χ3n) is 10.1. The van der Waals surface area contributed by atoms with Crippen LogP contribution in [0.25, 0.3) is 20.9 Å². The second kappa shape index (κ2) is 21.2. The second-order valence-electron chi connectivity index (χ2n) is 13.6. The van der Waals surface area contributed by atoms with Gasteiger partial charge in [-0.25, -0.2) is 14.4 Å². The number of ketones is 3. The first-order chi connectivity index (χ1) is 27.8. The number of rotatable bonds is 13. The van der Waals surface area contributed by atoms with Crippen molar-refractivity contribution in [1.82, 2.24) is 0 Å². The zero-order valence-electron chi connectivity index (χ0n) is 32.0. The standard InChI is InChI=1S/C24H23N3O7.C16H19N3O5/c1-14-15(2)19(26-27-25)24(34-23(31)21(29)17-11-7-4-8-12-17)33-18(14)13-32-22(30)20(28)16-9-5-3-6-10-16;1-9-10(2)13(18-19-17)15(21)24-12(9)8-23-16(22)14(20)11-6-4-3-5-7-11/h3-12,14-15,18-19,24H,13H2,1-2H3;3-7,9-10,12-13,15,21H,8H2,1-2H3/t14-,15-,18?,19?,24?;9-,10-,12?,13?,15?/m00/s1. The van der Waals surface area contributed by atoms with Crippen LogP contribution in [0.4, 0.5) is 0 Å². The topological polar surface area (TPSA) is 266 Å². The summed E-state index contributed by atoms with van der Waals surface area (Å²) in [6.07, 6.45) is -4.03. The molecule has 1 N–H and O–H groups in total. The summed E-state index contributed by atoms with van der Waals surface area (Å²) in [6.45, 7) is 6.74. The molecule has 10 atom stereocenters. The van der Waals surface area contributed by atoms with Gasteiger partial charge in [0, 0.05) is 26.5 Å². The summed E-state index contributed by atoms with van der Waals surface area (Å²) in [5, 5.41) is 17.1. The highest BCUT2D eigenvalue weighted by molar-refractivity contribution is 6.41. The highest BCUT2D eigenvalue weighted by Crippen LogP contribution is 2.34. The lowest BCUT2D eigenvalue weighted by Crippen LogP contribution is -2.52. The minimum Gasteiger partial charge on any atom is -0.457 e. The summed E-state index contributed by atoms with van der Waals surface area (Å²) in [7, 11) is 0. The Labute approximate surface area is 332 Å². The quantitative estimate of drug-likeness (QED) is 0.0421. The summed E-state index contributed by atoms with van der Waals surface area (Å²) in [4.78, 5) is 78.6. The normalized spacial score (nSPS) is 26.1. The molecule has 304 valence electrons. The summed E-state index contributed by atoms with van der Waals surface area (Å²) in [5.41, 5.74) is 18.1. The fourth-order valence-electron chi connectivity index (χ4n) is 6.22. The van der Waals surface area contributed by atoms with Crippen molar-refractivity contribution in [2.75, 3.05) is 13.2 Å². The summed E-state index contributed by atoms with van der Waals surface area (Å²) in [6, 6.07) is 22.3. The Morgan fingerprint density at radius 1 is 0.569 bits per heavy atom. The molecule has 0 radical (unpaired) electrons. The van der Waals surface area contributed by atoms with Gasteiger partial charge in [-0.05, 0) is 34.7 Å². The van der Waals surface area contributed by atoms with Crippen molar-refractivity contribution < 1.29 is 57.6 Å². The summed E-state index contributed by atoms with van der Waals surface area (Å²) in [5.74, 6) is -6.59. The molecule has 2 fully saturated rings. The van der Waals surface area contributed by atoms with Crippen LogP contribution >= 0.6 is 0 Å². The van der Waals surface area contributed by atoms with E-state index in [1.165, 1.54) is 36.4 Å². The van der Waals surface area contributed by atoms with Gasteiger partial charge in [0.2, 0.25) is 6.29 Å². The predicted octanol–water partition coefficient (Wildman–Crippen LogP) is 5.60. The van der Waals surface area contributed by atoms with Crippen LogP contribution in [0.15, 0.2) is 101 Å². The van der Waals surface area contributed by atoms with Crippen LogP contribution in [0.3, 0.4) is 0 Å². The van der Waals surface area contributed by atoms with Crippen LogP contribution in [-0.2, 0) is 38.1 Å². The van der Waals surface area contributed by atoms with E-state index < -0.39 is 72.1 Å². The fraction of sp³-hybridized carbons (Fsp3) is 0.400. The van der Waals surface area contributed by atoms with E-state index in [4.69, 9.17) is 34.7 Å². The molecule has 3 aromatic rings. The number of ether oxygens (including phenoxy) is 5. The van der Waals surface area contributed by atoms with E-state index in [0.29, 0.717) is 0 Å². The van der Waals surface area contributed by atoms with Gasteiger partial charge in [0.15, 0.2) is 6.29 Å². The number of aliphatic hydroxyl groups excluding tert-OH is 1. The summed E-state index contributed by atoms with van der Waals surface area (Å²) >= 11 is 0. The predicted molar refractivity (Wildman–Crippen MR) is 202 cm³/mol. The Hall–Kier alpha value is -6.42. The molecule has 0 bridgehead atoms. The Kier molecular flexibility index (Phi) is 16.2. The van der Waals surface area contributed by atoms with Gasteiger partial charge < -0.3 is 28.8 Å². The molecule has 2 aliphatic rings. The minimum atomic E-state index is -1.38. The maximum atomic E-state index is 12.5. The van der Waals surface area contributed by atoms with Crippen molar-refractivity contribution in [2.45, 2.75) is 64.6 Å². The lowest BCUT2D eigenvalue weighted by molar-refractivity contribution is -0.232. The van der Waals surface area contributed by atoms with E-state index in [2.05, 4.69) is 20.1 Å². The molecule has 0 aromatic heterocycles.